The second kappa shape index (κ2) is 15.7. The SMILES string of the molecule is CCc1nc2ccccc2n1-c1cccc(-c2nc(-c3ccccc3)nc(-c3ccc4c(c3)C3c5ccccc5C4c4cc(-c5nc(-c6ccccc6)nc(-c6ccccc6)n5)ccc43)n2)c1. The lowest BCUT2D eigenvalue weighted by molar-refractivity contribution is 0.754. The molecule has 3 aromatic heterocycles. The molecule has 0 amide bonds. The van der Waals surface area contributed by atoms with Crippen molar-refractivity contribution in [2.24, 2.45) is 0 Å². The molecule has 3 heterocycles. The fourth-order valence-electron chi connectivity index (χ4n) is 10.2. The first kappa shape index (κ1) is 38.7. The molecular formula is C59H40N8. The molecule has 0 saturated heterocycles. The van der Waals surface area contributed by atoms with Gasteiger partial charge in [-0.3, -0.25) is 4.57 Å². The molecule has 8 aromatic carbocycles. The minimum atomic E-state index is 0.0164. The Labute approximate surface area is 387 Å². The molecule has 316 valence electrons. The molecule has 8 heteroatoms. The van der Waals surface area contributed by atoms with Crippen LogP contribution in [0.4, 0.5) is 0 Å². The number of hydrogen-bond donors (Lipinski definition) is 0. The van der Waals surface area contributed by atoms with Crippen LogP contribution < -0.4 is 0 Å². The normalized spacial score (nSPS) is 14.4. The molecule has 3 aliphatic rings. The van der Waals surface area contributed by atoms with E-state index < -0.39 is 0 Å². The molecule has 2 atom stereocenters. The van der Waals surface area contributed by atoms with Crippen LogP contribution >= 0.6 is 0 Å². The summed E-state index contributed by atoms with van der Waals surface area (Å²) < 4.78 is 2.24. The molecule has 8 nitrogen and oxygen atoms in total. The molecule has 2 bridgehead atoms. The number of imidazole rings is 1. The van der Waals surface area contributed by atoms with Crippen molar-refractivity contribution in [3.05, 3.63) is 239 Å². The Morgan fingerprint density at radius 3 is 1.19 bits per heavy atom. The standard InChI is InChI=1S/C59H40N8/c1-2-51-60-49-27-14-15-28-50(49)67(51)42-24-16-23-39(33-42)57-62-56(38-21-10-5-11-22-38)65-59(66-57)41-30-32-46-48(35-41)53-44-26-13-12-25-43(44)52(46)47-34-40(29-31-45(47)53)58-63-54(36-17-6-3-7-18-36)61-55(64-58)37-19-8-4-9-20-37/h3-35,52-53H,2H2,1H3. The first-order valence-corrected chi connectivity index (χ1v) is 22.8. The summed E-state index contributed by atoms with van der Waals surface area (Å²) in [4.78, 5) is 35.7. The lowest BCUT2D eigenvalue weighted by Crippen LogP contribution is -2.27. The van der Waals surface area contributed by atoms with Crippen LogP contribution in [0.1, 0.15) is 58.0 Å². The van der Waals surface area contributed by atoms with Gasteiger partial charge in [-0.25, -0.2) is 34.9 Å². The quantitative estimate of drug-likeness (QED) is 0.150. The van der Waals surface area contributed by atoms with E-state index in [1.54, 1.807) is 0 Å². The number of para-hydroxylation sites is 2. The zero-order valence-corrected chi connectivity index (χ0v) is 36.5. The Bertz CT molecular complexity index is 3640. The molecule has 0 saturated carbocycles. The van der Waals surface area contributed by atoms with Crippen molar-refractivity contribution >= 4 is 11.0 Å². The summed E-state index contributed by atoms with van der Waals surface area (Å²) in [6.45, 7) is 2.14. The van der Waals surface area contributed by atoms with Crippen molar-refractivity contribution in [3.63, 3.8) is 0 Å². The number of fused-ring (bicyclic) bond motifs is 1. The smallest absolute Gasteiger partial charge is 0.164 e. The first-order chi connectivity index (χ1) is 33.1. The van der Waals surface area contributed by atoms with Crippen molar-refractivity contribution in [3.8, 4) is 74.0 Å². The van der Waals surface area contributed by atoms with Crippen LogP contribution in [0.15, 0.2) is 200 Å². The molecule has 3 aliphatic carbocycles. The van der Waals surface area contributed by atoms with E-state index in [1.807, 2.05) is 84.9 Å². The second-order valence-corrected chi connectivity index (χ2v) is 17.1. The van der Waals surface area contributed by atoms with E-state index in [1.165, 1.54) is 33.4 Å². The van der Waals surface area contributed by atoms with E-state index in [2.05, 4.69) is 127 Å². The van der Waals surface area contributed by atoms with Crippen molar-refractivity contribution < 1.29 is 0 Å². The number of rotatable bonds is 8. The fourth-order valence-corrected chi connectivity index (χ4v) is 10.2. The summed E-state index contributed by atoms with van der Waals surface area (Å²) in [5, 5.41) is 0. The molecule has 0 spiro atoms. The Kier molecular flexibility index (Phi) is 9.09. The molecule has 67 heavy (non-hydrogen) atoms. The van der Waals surface area contributed by atoms with Gasteiger partial charge in [-0.2, -0.15) is 0 Å². The molecule has 2 unspecified atom stereocenters. The summed E-state index contributed by atoms with van der Waals surface area (Å²) in [7, 11) is 0. The van der Waals surface area contributed by atoms with Gasteiger partial charge in [-0.15, -0.1) is 0 Å². The van der Waals surface area contributed by atoms with Crippen LogP contribution in [0.25, 0.3) is 85.0 Å². The summed E-state index contributed by atoms with van der Waals surface area (Å²) in [6, 6.07) is 69.7. The van der Waals surface area contributed by atoms with Crippen LogP contribution in [0.3, 0.4) is 0 Å². The number of hydrogen-bond acceptors (Lipinski definition) is 7. The first-order valence-electron chi connectivity index (χ1n) is 22.8. The summed E-state index contributed by atoms with van der Waals surface area (Å²) in [5.74, 6) is 4.85. The van der Waals surface area contributed by atoms with Crippen molar-refractivity contribution in [1.82, 2.24) is 39.5 Å². The predicted octanol–water partition coefficient (Wildman–Crippen LogP) is 12.9. The zero-order valence-electron chi connectivity index (χ0n) is 36.5. The van der Waals surface area contributed by atoms with Gasteiger partial charge in [0.15, 0.2) is 34.9 Å². The lowest BCUT2D eigenvalue weighted by atomic mass is 9.61. The fraction of sp³-hybridized carbons (Fsp3) is 0.0678. The summed E-state index contributed by atoms with van der Waals surface area (Å²) in [6.07, 6.45) is 0.799. The Morgan fingerprint density at radius 2 is 0.716 bits per heavy atom. The van der Waals surface area contributed by atoms with Gasteiger partial charge in [0, 0.05) is 57.3 Å². The van der Waals surface area contributed by atoms with Gasteiger partial charge in [0.1, 0.15) is 5.82 Å². The van der Waals surface area contributed by atoms with Crippen molar-refractivity contribution in [1.29, 1.82) is 0 Å². The van der Waals surface area contributed by atoms with Gasteiger partial charge in [0.25, 0.3) is 0 Å². The number of aryl methyl sites for hydroxylation is 1. The average molecular weight is 861 g/mol. The van der Waals surface area contributed by atoms with Gasteiger partial charge in [-0.05, 0) is 69.8 Å². The van der Waals surface area contributed by atoms with E-state index >= 15 is 0 Å². The van der Waals surface area contributed by atoms with E-state index in [9.17, 15) is 0 Å². The highest BCUT2D eigenvalue weighted by Gasteiger charge is 2.41. The molecular weight excluding hydrogens is 821 g/mol. The van der Waals surface area contributed by atoms with Crippen LogP contribution in [-0.2, 0) is 6.42 Å². The summed E-state index contributed by atoms with van der Waals surface area (Å²) in [5.41, 5.74) is 16.5. The lowest BCUT2D eigenvalue weighted by Gasteiger charge is -2.42. The minimum absolute atomic E-state index is 0.0164. The molecule has 0 N–H and O–H groups in total. The van der Waals surface area contributed by atoms with E-state index in [0.717, 1.165) is 62.3 Å². The van der Waals surface area contributed by atoms with Crippen LogP contribution in [0, 0.1) is 0 Å². The third kappa shape index (κ3) is 6.56. The highest BCUT2D eigenvalue weighted by Crippen LogP contribution is 2.56. The third-order valence-electron chi connectivity index (χ3n) is 13.2. The van der Waals surface area contributed by atoms with Crippen LogP contribution in [0.2, 0.25) is 0 Å². The average Bonchev–Trinajstić information content (AvgIpc) is 3.80. The molecule has 14 rings (SSSR count). The van der Waals surface area contributed by atoms with Gasteiger partial charge >= 0.3 is 0 Å². The van der Waals surface area contributed by atoms with Crippen molar-refractivity contribution in [2.45, 2.75) is 25.2 Å². The zero-order chi connectivity index (χ0) is 44.4. The maximum atomic E-state index is 5.26. The summed E-state index contributed by atoms with van der Waals surface area (Å²) >= 11 is 0. The van der Waals surface area contributed by atoms with Gasteiger partial charge in [0.2, 0.25) is 0 Å². The van der Waals surface area contributed by atoms with Crippen LogP contribution in [-0.4, -0.2) is 39.5 Å². The largest absolute Gasteiger partial charge is 0.296 e. The molecule has 0 aliphatic heterocycles. The molecule has 0 radical (unpaired) electrons. The number of benzene rings is 8. The van der Waals surface area contributed by atoms with E-state index in [-0.39, 0.29) is 11.8 Å². The topological polar surface area (TPSA) is 95.2 Å². The van der Waals surface area contributed by atoms with E-state index in [4.69, 9.17) is 34.9 Å². The van der Waals surface area contributed by atoms with Gasteiger partial charge < -0.3 is 0 Å². The molecule has 0 fully saturated rings. The minimum Gasteiger partial charge on any atom is -0.296 e. The van der Waals surface area contributed by atoms with Crippen LogP contribution in [0.5, 0.6) is 0 Å². The second-order valence-electron chi connectivity index (χ2n) is 17.1. The highest BCUT2D eigenvalue weighted by atomic mass is 15.1. The van der Waals surface area contributed by atoms with Gasteiger partial charge in [-0.1, -0.05) is 171 Å². The van der Waals surface area contributed by atoms with Crippen molar-refractivity contribution in [2.75, 3.05) is 0 Å². The van der Waals surface area contributed by atoms with Gasteiger partial charge in [0.05, 0.1) is 11.0 Å². The monoisotopic (exact) mass is 860 g/mol. The van der Waals surface area contributed by atoms with E-state index in [0.29, 0.717) is 34.9 Å². The predicted molar refractivity (Wildman–Crippen MR) is 265 cm³/mol. The Balaban J connectivity index is 0.929. The number of aromatic nitrogens is 8. The maximum absolute atomic E-state index is 5.26. The Hall–Kier alpha value is -8.75. The number of nitrogens with zero attached hydrogens (tertiary/aromatic N) is 8. The molecule has 11 aromatic rings. The third-order valence-corrected chi connectivity index (χ3v) is 13.2. The highest BCUT2D eigenvalue weighted by molar-refractivity contribution is 5.80. The maximum Gasteiger partial charge on any atom is 0.164 e. The Morgan fingerprint density at radius 1 is 0.328 bits per heavy atom.